The minimum atomic E-state index is 0.195. The number of aliphatic imine (C=N–C) groups is 1. The highest BCUT2D eigenvalue weighted by Crippen LogP contribution is 2.49. The molecule has 2 heterocycles. The van der Waals surface area contributed by atoms with Gasteiger partial charge < -0.3 is 0 Å². The number of hydrogen-bond donors (Lipinski definition) is 0. The van der Waals surface area contributed by atoms with Crippen LogP contribution in [0.3, 0.4) is 0 Å². The van der Waals surface area contributed by atoms with Crippen molar-refractivity contribution in [2.24, 2.45) is 16.3 Å². The number of hydrogen-bond acceptors (Lipinski definition) is 2. The van der Waals surface area contributed by atoms with Gasteiger partial charge in [-0.3, -0.25) is 9.98 Å². The zero-order valence-corrected chi connectivity index (χ0v) is 28.1. The summed E-state index contributed by atoms with van der Waals surface area (Å²) in [6, 6.07) is 31.3. The second kappa shape index (κ2) is 12.3. The van der Waals surface area contributed by atoms with E-state index in [2.05, 4.69) is 139 Å². The maximum Gasteiger partial charge on any atom is 0.0701 e. The molecule has 2 atom stereocenters. The molecule has 0 bridgehead atoms. The summed E-state index contributed by atoms with van der Waals surface area (Å²) in [5, 5.41) is 5.16. The quantitative estimate of drug-likeness (QED) is 0.177. The normalized spacial score (nSPS) is 21.6. The minimum absolute atomic E-state index is 0.195. The van der Waals surface area contributed by atoms with E-state index in [0.717, 1.165) is 43.5 Å². The molecule has 2 heteroatoms. The molecular weight excluding hydrogens is 593 g/mol. The van der Waals surface area contributed by atoms with Crippen LogP contribution >= 0.6 is 0 Å². The molecule has 1 aromatic heterocycles. The lowest BCUT2D eigenvalue weighted by atomic mass is 9.67. The summed E-state index contributed by atoms with van der Waals surface area (Å²) < 4.78 is 0. The van der Waals surface area contributed by atoms with Gasteiger partial charge in [0.2, 0.25) is 0 Å². The lowest BCUT2D eigenvalue weighted by Gasteiger charge is -2.37. The summed E-state index contributed by atoms with van der Waals surface area (Å²) in [6.07, 6.45) is 28.5. The Morgan fingerprint density at radius 1 is 0.673 bits per heavy atom. The Morgan fingerprint density at radius 2 is 1.45 bits per heavy atom. The fraction of sp³-hybridized carbons (Fsp3) is 0.191. The van der Waals surface area contributed by atoms with Crippen LogP contribution in [0.5, 0.6) is 0 Å². The summed E-state index contributed by atoms with van der Waals surface area (Å²) in [7, 11) is 0. The number of benzene rings is 4. The Kier molecular flexibility index (Phi) is 7.46. The van der Waals surface area contributed by atoms with Gasteiger partial charge in [-0.05, 0) is 122 Å². The van der Waals surface area contributed by atoms with Gasteiger partial charge in [0, 0.05) is 29.9 Å². The van der Waals surface area contributed by atoms with Gasteiger partial charge in [-0.25, -0.2) is 0 Å². The number of dihydropyridines is 1. The van der Waals surface area contributed by atoms with Crippen molar-refractivity contribution in [3.05, 3.63) is 163 Å². The van der Waals surface area contributed by atoms with Crippen LogP contribution in [0.1, 0.15) is 50.2 Å². The molecule has 0 radical (unpaired) electrons. The van der Waals surface area contributed by atoms with Crippen molar-refractivity contribution in [1.29, 1.82) is 0 Å². The molecule has 5 aromatic rings. The van der Waals surface area contributed by atoms with E-state index in [1.807, 2.05) is 18.3 Å². The fourth-order valence-electron chi connectivity index (χ4n) is 8.44. The van der Waals surface area contributed by atoms with Crippen LogP contribution in [0.2, 0.25) is 0 Å². The first kappa shape index (κ1) is 29.8. The third-order valence-corrected chi connectivity index (χ3v) is 11.1. The number of nitrogens with zero attached hydrogens (tertiary/aromatic N) is 2. The fourth-order valence-corrected chi connectivity index (χ4v) is 8.44. The number of aromatic nitrogens is 1. The molecule has 49 heavy (non-hydrogen) atoms. The summed E-state index contributed by atoms with van der Waals surface area (Å²) >= 11 is 0. The first-order valence-corrected chi connectivity index (χ1v) is 17.8. The van der Waals surface area contributed by atoms with Crippen molar-refractivity contribution >= 4 is 38.4 Å². The highest BCUT2D eigenvalue weighted by molar-refractivity contribution is 6.20. The molecular formula is C47H40N2. The SMILES string of the molecule is CC12CC=CC(c3ccc4c(-c5ccc(-c6ccccn6)cc5)c5ccccc5c(C5=CCC(C6=NCCC=C6)C=C5)c4c3)=C1C=CCC2. The standard InChI is InChI=1S/C47H40N2/c1-47-27-7-4-14-42(47)37(13-10-28-47)36-25-26-40-41(31-36)46(35-23-19-33(20-24-35)44-16-6-9-30-49-44)39-12-3-2-11-38(39)45(40)34-21-17-32(18-22-34)43-15-5-8-29-48-43/h2-6,8,10-19,21-26,29,31,33H,7,9,20,27-28,30H2,1H3. The maximum atomic E-state index is 4.85. The third-order valence-electron chi connectivity index (χ3n) is 11.1. The first-order chi connectivity index (χ1) is 24.2. The van der Waals surface area contributed by atoms with Gasteiger partial charge in [0.1, 0.15) is 0 Å². The van der Waals surface area contributed by atoms with E-state index in [0.29, 0.717) is 5.92 Å². The number of rotatable bonds is 5. The Balaban J connectivity index is 1.26. The Bertz CT molecular complexity index is 2330. The van der Waals surface area contributed by atoms with Gasteiger partial charge in [-0.2, -0.15) is 0 Å². The van der Waals surface area contributed by atoms with Crippen LogP contribution in [0.15, 0.2) is 156 Å². The average Bonchev–Trinajstić information content (AvgIpc) is 3.17. The van der Waals surface area contributed by atoms with Crippen molar-refractivity contribution in [1.82, 2.24) is 4.98 Å². The molecule has 3 aliphatic carbocycles. The Labute approximate surface area is 289 Å². The van der Waals surface area contributed by atoms with E-state index < -0.39 is 0 Å². The molecule has 238 valence electrons. The third kappa shape index (κ3) is 5.27. The van der Waals surface area contributed by atoms with Crippen LogP contribution in [-0.4, -0.2) is 17.2 Å². The smallest absolute Gasteiger partial charge is 0.0701 e. The van der Waals surface area contributed by atoms with E-state index in [4.69, 9.17) is 4.99 Å². The molecule has 9 rings (SSSR count). The van der Waals surface area contributed by atoms with E-state index in [1.54, 1.807) is 0 Å². The van der Waals surface area contributed by atoms with Gasteiger partial charge in [-0.15, -0.1) is 0 Å². The highest BCUT2D eigenvalue weighted by atomic mass is 14.7. The molecule has 4 aromatic carbocycles. The van der Waals surface area contributed by atoms with Gasteiger partial charge in [0.25, 0.3) is 0 Å². The van der Waals surface area contributed by atoms with Crippen LogP contribution in [0, 0.1) is 11.3 Å². The molecule has 0 saturated heterocycles. The zero-order valence-electron chi connectivity index (χ0n) is 28.1. The zero-order chi connectivity index (χ0) is 32.8. The van der Waals surface area contributed by atoms with Crippen LogP contribution in [-0.2, 0) is 0 Å². The molecule has 0 amide bonds. The van der Waals surface area contributed by atoms with Gasteiger partial charge in [0.05, 0.1) is 5.69 Å². The highest BCUT2D eigenvalue weighted by Gasteiger charge is 2.32. The number of fused-ring (bicyclic) bond motifs is 3. The molecule has 0 spiro atoms. The molecule has 2 unspecified atom stereocenters. The van der Waals surface area contributed by atoms with Gasteiger partial charge in [-0.1, -0.05) is 122 Å². The summed E-state index contributed by atoms with van der Waals surface area (Å²) in [4.78, 5) is 9.45. The van der Waals surface area contributed by atoms with Crippen molar-refractivity contribution in [2.45, 2.75) is 39.0 Å². The van der Waals surface area contributed by atoms with Crippen molar-refractivity contribution in [3.63, 3.8) is 0 Å². The van der Waals surface area contributed by atoms with Gasteiger partial charge in [0.15, 0.2) is 0 Å². The summed E-state index contributed by atoms with van der Waals surface area (Å²) in [5.41, 5.74) is 12.8. The molecule has 2 nitrogen and oxygen atoms in total. The van der Waals surface area contributed by atoms with Crippen LogP contribution in [0.4, 0.5) is 0 Å². The topological polar surface area (TPSA) is 25.2 Å². The number of pyridine rings is 1. The summed E-state index contributed by atoms with van der Waals surface area (Å²) in [5.74, 6) is 0.334. The lowest BCUT2D eigenvalue weighted by molar-refractivity contribution is 0.371. The largest absolute Gasteiger partial charge is 0.289 e. The Morgan fingerprint density at radius 3 is 2.22 bits per heavy atom. The lowest BCUT2D eigenvalue weighted by Crippen LogP contribution is -2.23. The average molecular weight is 633 g/mol. The van der Waals surface area contributed by atoms with Crippen LogP contribution < -0.4 is 0 Å². The molecule has 0 N–H and O–H groups in total. The summed E-state index contributed by atoms with van der Waals surface area (Å²) in [6.45, 7) is 3.34. The van der Waals surface area contributed by atoms with Crippen molar-refractivity contribution in [3.8, 4) is 22.4 Å². The first-order valence-electron chi connectivity index (χ1n) is 17.8. The van der Waals surface area contributed by atoms with E-state index >= 15 is 0 Å². The molecule has 4 aliphatic rings. The molecule has 0 fully saturated rings. The van der Waals surface area contributed by atoms with E-state index in [-0.39, 0.29) is 5.41 Å². The van der Waals surface area contributed by atoms with E-state index in [1.165, 1.54) is 72.7 Å². The van der Waals surface area contributed by atoms with E-state index in [9.17, 15) is 0 Å². The molecule has 0 saturated carbocycles. The van der Waals surface area contributed by atoms with Crippen molar-refractivity contribution in [2.75, 3.05) is 6.54 Å². The minimum Gasteiger partial charge on any atom is -0.289 e. The Hall–Kier alpha value is -5.34. The predicted molar refractivity (Wildman–Crippen MR) is 209 cm³/mol. The monoisotopic (exact) mass is 632 g/mol. The molecule has 1 aliphatic heterocycles. The predicted octanol–water partition coefficient (Wildman–Crippen LogP) is 12.2. The van der Waals surface area contributed by atoms with Crippen LogP contribution in [0.25, 0.3) is 55.1 Å². The maximum absolute atomic E-state index is 4.85. The second-order valence-electron chi connectivity index (χ2n) is 14.1. The van der Waals surface area contributed by atoms with Gasteiger partial charge >= 0.3 is 0 Å². The second-order valence-corrected chi connectivity index (χ2v) is 14.1. The number of allylic oxidation sites excluding steroid dienone is 11. The van der Waals surface area contributed by atoms with Crippen molar-refractivity contribution < 1.29 is 0 Å².